The van der Waals surface area contributed by atoms with Crippen molar-refractivity contribution in [2.75, 3.05) is 18.6 Å². The number of sulfone groups is 1. The van der Waals surface area contributed by atoms with Crippen LogP contribution in [0.5, 0.6) is 0 Å². The zero-order chi connectivity index (χ0) is 11.3. The van der Waals surface area contributed by atoms with E-state index in [1.165, 1.54) is 6.26 Å². The molecule has 0 aliphatic heterocycles. The molecule has 1 aliphatic carbocycles. The molecule has 2 N–H and O–H groups in total. The van der Waals surface area contributed by atoms with Gasteiger partial charge in [0.05, 0.1) is 11.9 Å². The van der Waals surface area contributed by atoms with Gasteiger partial charge in [-0.15, -0.1) is 0 Å². The van der Waals surface area contributed by atoms with E-state index in [2.05, 4.69) is 5.32 Å². The molecule has 0 radical (unpaired) electrons. The summed E-state index contributed by atoms with van der Waals surface area (Å²) in [6, 6.07) is 0.165. The van der Waals surface area contributed by atoms with Crippen LogP contribution in [0.15, 0.2) is 0 Å². The molecule has 0 aromatic heterocycles. The molecule has 5 heteroatoms. The van der Waals surface area contributed by atoms with Crippen LogP contribution in [-0.4, -0.2) is 44.2 Å². The van der Waals surface area contributed by atoms with Crippen LogP contribution in [0.2, 0.25) is 0 Å². The number of hydrogen-bond donors (Lipinski definition) is 2. The Kier molecular flexibility index (Phi) is 5.02. The number of hydrogen-bond acceptors (Lipinski definition) is 4. The molecular weight excluding hydrogens is 214 g/mol. The summed E-state index contributed by atoms with van der Waals surface area (Å²) in [5.74, 6) is 0.225. The Morgan fingerprint density at radius 2 is 2.00 bits per heavy atom. The summed E-state index contributed by atoms with van der Waals surface area (Å²) in [6.45, 7) is 0.675. The number of aliphatic hydroxyl groups is 1. The fourth-order valence-electron chi connectivity index (χ4n) is 1.97. The van der Waals surface area contributed by atoms with Crippen LogP contribution in [0.1, 0.15) is 32.1 Å². The highest BCUT2D eigenvalue weighted by atomic mass is 32.2. The minimum Gasteiger partial charge on any atom is -0.392 e. The SMILES string of the molecule is CS(=O)(=O)CCCN[C@@H]1CCCC[C@H]1O. The van der Waals surface area contributed by atoms with Gasteiger partial charge in [-0.1, -0.05) is 12.8 Å². The lowest BCUT2D eigenvalue weighted by Crippen LogP contribution is -2.42. The van der Waals surface area contributed by atoms with Crippen molar-refractivity contribution in [3.63, 3.8) is 0 Å². The van der Waals surface area contributed by atoms with E-state index in [-0.39, 0.29) is 17.9 Å². The lowest BCUT2D eigenvalue weighted by molar-refractivity contribution is 0.0913. The largest absolute Gasteiger partial charge is 0.392 e. The predicted octanol–water partition coefficient (Wildman–Crippen LogP) is 0.314. The second kappa shape index (κ2) is 5.82. The van der Waals surface area contributed by atoms with E-state index in [9.17, 15) is 13.5 Å². The van der Waals surface area contributed by atoms with Crippen molar-refractivity contribution in [2.45, 2.75) is 44.2 Å². The maximum atomic E-state index is 10.9. The molecule has 2 atom stereocenters. The van der Waals surface area contributed by atoms with Crippen molar-refractivity contribution in [1.82, 2.24) is 5.32 Å². The van der Waals surface area contributed by atoms with Crippen molar-refractivity contribution in [2.24, 2.45) is 0 Å². The highest BCUT2D eigenvalue weighted by Gasteiger charge is 2.21. The van der Waals surface area contributed by atoms with E-state index in [0.29, 0.717) is 13.0 Å². The van der Waals surface area contributed by atoms with E-state index in [4.69, 9.17) is 0 Å². The molecule has 0 amide bonds. The van der Waals surface area contributed by atoms with Crippen LogP contribution >= 0.6 is 0 Å². The van der Waals surface area contributed by atoms with Gasteiger partial charge in [0.25, 0.3) is 0 Å². The standard InChI is InChI=1S/C10H21NO3S/c1-15(13,14)8-4-7-11-9-5-2-3-6-10(9)12/h9-12H,2-8H2,1H3/t9-,10-/m1/s1. The van der Waals surface area contributed by atoms with Crippen LogP contribution in [0.3, 0.4) is 0 Å². The van der Waals surface area contributed by atoms with Gasteiger partial charge in [0.15, 0.2) is 0 Å². The molecule has 1 fully saturated rings. The summed E-state index contributed by atoms with van der Waals surface area (Å²) >= 11 is 0. The molecular formula is C10H21NO3S. The Morgan fingerprint density at radius 3 is 2.60 bits per heavy atom. The number of nitrogens with one attached hydrogen (secondary N) is 1. The van der Waals surface area contributed by atoms with Gasteiger partial charge in [0.2, 0.25) is 0 Å². The minimum absolute atomic E-state index is 0.165. The summed E-state index contributed by atoms with van der Waals surface area (Å²) in [5, 5.41) is 12.9. The molecule has 0 unspecified atom stereocenters. The summed E-state index contributed by atoms with van der Waals surface area (Å²) < 4.78 is 21.7. The Bertz CT molecular complexity index is 276. The van der Waals surface area contributed by atoms with Crippen LogP contribution in [-0.2, 0) is 9.84 Å². The number of rotatable bonds is 5. The first kappa shape index (κ1) is 12.9. The van der Waals surface area contributed by atoms with Crippen LogP contribution in [0, 0.1) is 0 Å². The van der Waals surface area contributed by atoms with Crippen molar-refractivity contribution >= 4 is 9.84 Å². The second-order valence-electron chi connectivity index (χ2n) is 4.40. The Hall–Kier alpha value is -0.130. The zero-order valence-corrected chi connectivity index (χ0v) is 10.1. The highest BCUT2D eigenvalue weighted by Crippen LogP contribution is 2.18. The van der Waals surface area contributed by atoms with Crippen molar-refractivity contribution in [3.8, 4) is 0 Å². The molecule has 15 heavy (non-hydrogen) atoms. The number of aliphatic hydroxyl groups excluding tert-OH is 1. The third-order valence-corrected chi connectivity index (χ3v) is 3.86. The molecule has 1 saturated carbocycles. The average Bonchev–Trinajstić information content (AvgIpc) is 2.13. The summed E-state index contributed by atoms with van der Waals surface area (Å²) in [6.07, 6.45) is 5.75. The Morgan fingerprint density at radius 1 is 1.33 bits per heavy atom. The summed E-state index contributed by atoms with van der Waals surface area (Å²) in [4.78, 5) is 0. The van der Waals surface area contributed by atoms with Crippen molar-refractivity contribution in [3.05, 3.63) is 0 Å². The van der Waals surface area contributed by atoms with Crippen LogP contribution < -0.4 is 5.32 Å². The van der Waals surface area contributed by atoms with Gasteiger partial charge >= 0.3 is 0 Å². The normalized spacial score (nSPS) is 27.9. The maximum Gasteiger partial charge on any atom is 0.147 e. The second-order valence-corrected chi connectivity index (χ2v) is 6.66. The molecule has 1 aliphatic rings. The monoisotopic (exact) mass is 235 g/mol. The van der Waals surface area contributed by atoms with E-state index >= 15 is 0 Å². The van der Waals surface area contributed by atoms with E-state index < -0.39 is 9.84 Å². The molecule has 1 rings (SSSR count). The Balaban J connectivity index is 2.14. The van der Waals surface area contributed by atoms with Crippen molar-refractivity contribution in [1.29, 1.82) is 0 Å². The molecule has 0 spiro atoms. The highest BCUT2D eigenvalue weighted by molar-refractivity contribution is 7.90. The van der Waals surface area contributed by atoms with Crippen LogP contribution in [0.25, 0.3) is 0 Å². The first-order chi connectivity index (χ1) is 6.99. The van der Waals surface area contributed by atoms with Crippen LogP contribution in [0.4, 0.5) is 0 Å². The predicted molar refractivity (Wildman–Crippen MR) is 60.6 cm³/mol. The quantitative estimate of drug-likeness (QED) is 0.673. The van der Waals surface area contributed by atoms with Gasteiger partial charge in [0, 0.05) is 12.3 Å². The van der Waals surface area contributed by atoms with E-state index in [1.807, 2.05) is 0 Å². The molecule has 0 bridgehead atoms. The lowest BCUT2D eigenvalue weighted by Gasteiger charge is -2.28. The minimum atomic E-state index is -2.84. The van der Waals surface area contributed by atoms with Gasteiger partial charge < -0.3 is 10.4 Å². The van der Waals surface area contributed by atoms with Gasteiger partial charge in [-0.05, 0) is 25.8 Å². The molecule has 0 saturated heterocycles. The van der Waals surface area contributed by atoms with Gasteiger partial charge in [-0.25, -0.2) is 8.42 Å². The first-order valence-corrected chi connectivity index (χ1v) is 7.64. The summed E-state index contributed by atoms with van der Waals surface area (Å²) in [5.41, 5.74) is 0. The Labute approximate surface area is 92.0 Å². The molecule has 0 heterocycles. The molecule has 90 valence electrons. The van der Waals surface area contributed by atoms with Gasteiger partial charge in [-0.2, -0.15) is 0 Å². The third-order valence-electron chi connectivity index (χ3n) is 2.83. The summed E-state index contributed by atoms with van der Waals surface area (Å²) in [7, 11) is -2.84. The van der Waals surface area contributed by atoms with Gasteiger partial charge in [0.1, 0.15) is 9.84 Å². The fraction of sp³-hybridized carbons (Fsp3) is 1.00. The first-order valence-electron chi connectivity index (χ1n) is 5.58. The molecule has 0 aromatic carbocycles. The third kappa shape index (κ3) is 5.49. The average molecular weight is 235 g/mol. The topological polar surface area (TPSA) is 66.4 Å². The zero-order valence-electron chi connectivity index (χ0n) is 9.28. The van der Waals surface area contributed by atoms with E-state index in [0.717, 1.165) is 25.7 Å². The fourth-order valence-corrected chi connectivity index (χ4v) is 2.64. The maximum absolute atomic E-state index is 10.9. The molecule has 4 nitrogen and oxygen atoms in total. The van der Waals surface area contributed by atoms with Gasteiger partial charge in [-0.3, -0.25) is 0 Å². The smallest absolute Gasteiger partial charge is 0.147 e. The lowest BCUT2D eigenvalue weighted by atomic mass is 9.92. The molecule has 0 aromatic rings. The van der Waals surface area contributed by atoms with Crippen molar-refractivity contribution < 1.29 is 13.5 Å². The van der Waals surface area contributed by atoms with E-state index in [1.54, 1.807) is 0 Å².